The van der Waals surface area contributed by atoms with Crippen molar-refractivity contribution < 1.29 is 18.0 Å². The van der Waals surface area contributed by atoms with Crippen LogP contribution in [-0.4, -0.2) is 38.2 Å². The summed E-state index contributed by atoms with van der Waals surface area (Å²) >= 11 is 0. The third-order valence-electron chi connectivity index (χ3n) is 5.05. The molecule has 0 radical (unpaired) electrons. The van der Waals surface area contributed by atoms with E-state index in [0.29, 0.717) is 11.3 Å². The molecule has 8 heteroatoms. The third kappa shape index (κ3) is 5.90. The van der Waals surface area contributed by atoms with Gasteiger partial charge in [-0.3, -0.25) is 9.59 Å². The zero-order chi connectivity index (χ0) is 21.6. The van der Waals surface area contributed by atoms with E-state index in [9.17, 15) is 18.0 Å². The average Bonchev–Trinajstić information content (AvgIpc) is 3.02. The summed E-state index contributed by atoms with van der Waals surface area (Å²) in [5.74, 6) is -0.190. The summed E-state index contributed by atoms with van der Waals surface area (Å²) in [5, 5.41) is 2.60. The van der Waals surface area contributed by atoms with Gasteiger partial charge in [0.15, 0.2) is 0 Å². The van der Waals surface area contributed by atoms with Crippen molar-refractivity contribution in [3.63, 3.8) is 0 Å². The van der Waals surface area contributed by atoms with E-state index in [1.165, 1.54) is 31.9 Å². The molecule has 2 aromatic carbocycles. The van der Waals surface area contributed by atoms with E-state index in [1.807, 2.05) is 4.90 Å². The lowest BCUT2D eigenvalue weighted by Crippen LogP contribution is -2.31. The van der Waals surface area contributed by atoms with Crippen molar-refractivity contribution in [1.82, 2.24) is 9.62 Å². The van der Waals surface area contributed by atoms with Crippen LogP contribution in [0.2, 0.25) is 0 Å². The summed E-state index contributed by atoms with van der Waals surface area (Å²) in [6.07, 6.45) is 4.41. The fourth-order valence-corrected chi connectivity index (χ4v) is 4.42. The number of benzene rings is 2. The minimum absolute atomic E-state index is 0.0308. The number of likely N-dealkylation sites (tertiary alicyclic amines) is 1. The Balaban J connectivity index is 1.59. The average molecular weight is 430 g/mol. The Hall–Kier alpha value is -2.71. The standard InChI is InChI=1S/C22H27N3O4S/c1-17(26)24-20-10-12-21(13-11-20)30(28,29)23-16-18-6-8-19(9-7-18)22(27)25-14-4-2-3-5-15-25/h6-13,23H,2-5,14-16H2,1H3,(H,24,26). The maximum Gasteiger partial charge on any atom is 0.253 e. The van der Waals surface area contributed by atoms with Crippen molar-refractivity contribution in [1.29, 1.82) is 0 Å². The molecule has 160 valence electrons. The summed E-state index contributed by atoms with van der Waals surface area (Å²) in [5.41, 5.74) is 1.92. The molecular weight excluding hydrogens is 402 g/mol. The monoisotopic (exact) mass is 429 g/mol. The molecule has 2 amide bonds. The minimum Gasteiger partial charge on any atom is -0.339 e. The normalized spacial score (nSPS) is 14.8. The van der Waals surface area contributed by atoms with Gasteiger partial charge < -0.3 is 10.2 Å². The highest BCUT2D eigenvalue weighted by molar-refractivity contribution is 7.89. The van der Waals surface area contributed by atoms with Gasteiger partial charge in [-0.05, 0) is 54.8 Å². The van der Waals surface area contributed by atoms with Crippen LogP contribution in [0.5, 0.6) is 0 Å². The number of carbonyl (C=O) groups is 2. The Morgan fingerprint density at radius 1 is 0.900 bits per heavy atom. The summed E-state index contributed by atoms with van der Waals surface area (Å²) < 4.78 is 27.5. The highest BCUT2D eigenvalue weighted by Gasteiger charge is 2.18. The van der Waals surface area contributed by atoms with E-state index in [1.54, 1.807) is 36.4 Å². The predicted octanol–water partition coefficient (Wildman–Crippen LogP) is 3.14. The number of hydrogen-bond donors (Lipinski definition) is 2. The topological polar surface area (TPSA) is 95.6 Å². The van der Waals surface area contributed by atoms with Crippen LogP contribution in [0.4, 0.5) is 5.69 Å². The molecule has 1 aliphatic rings. The largest absolute Gasteiger partial charge is 0.339 e. The van der Waals surface area contributed by atoms with Crippen LogP contribution in [0.25, 0.3) is 0 Å². The van der Waals surface area contributed by atoms with Crippen molar-refractivity contribution in [3.05, 3.63) is 59.7 Å². The summed E-state index contributed by atoms with van der Waals surface area (Å²) in [4.78, 5) is 25.7. The number of hydrogen-bond acceptors (Lipinski definition) is 4. The van der Waals surface area contributed by atoms with Crippen molar-refractivity contribution in [2.75, 3.05) is 18.4 Å². The summed E-state index contributed by atoms with van der Waals surface area (Å²) in [6, 6.07) is 13.0. The Labute approximate surface area is 177 Å². The molecule has 0 aliphatic carbocycles. The maximum atomic E-state index is 12.6. The Kier molecular flexibility index (Phi) is 7.23. The zero-order valence-electron chi connectivity index (χ0n) is 17.1. The summed E-state index contributed by atoms with van der Waals surface area (Å²) in [7, 11) is -3.69. The van der Waals surface area contributed by atoms with Gasteiger partial charge >= 0.3 is 0 Å². The Morgan fingerprint density at radius 3 is 2.07 bits per heavy atom. The van der Waals surface area contributed by atoms with Crippen LogP contribution in [0, 0.1) is 0 Å². The Morgan fingerprint density at radius 2 is 1.50 bits per heavy atom. The molecule has 1 aliphatic heterocycles. The molecule has 0 saturated carbocycles. The van der Waals surface area contributed by atoms with E-state index in [4.69, 9.17) is 0 Å². The van der Waals surface area contributed by atoms with Gasteiger partial charge in [-0.2, -0.15) is 0 Å². The first-order chi connectivity index (χ1) is 14.3. The number of sulfonamides is 1. The molecule has 2 aromatic rings. The van der Waals surface area contributed by atoms with Crippen molar-refractivity contribution in [3.8, 4) is 0 Å². The first-order valence-electron chi connectivity index (χ1n) is 10.1. The van der Waals surface area contributed by atoms with Crippen LogP contribution in [0.1, 0.15) is 48.5 Å². The van der Waals surface area contributed by atoms with Crippen LogP contribution >= 0.6 is 0 Å². The molecule has 30 heavy (non-hydrogen) atoms. The second-order valence-corrected chi connectivity index (χ2v) is 9.20. The van der Waals surface area contributed by atoms with Crippen molar-refractivity contribution in [2.45, 2.75) is 44.0 Å². The van der Waals surface area contributed by atoms with Gasteiger partial charge in [0.25, 0.3) is 5.91 Å². The van der Waals surface area contributed by atoms with Gasteiger partial charge in [0, 0.05) is 37.8 Å². The lowest BCUT2D eigenvalue weighted by Gasteiger charge is -2.20. The number of anilines is 1. The second kappa shape index (κ2) is 9.86. The van der Waals surface area contributed by atoms with Crippen LogP contribution in [0.3, 0.4) is 0 Å². The Bertz CT molecular complexity index is 978. The smallest absolute Gasteiger partial charge is 0.253 e. The van der Waals surface area contributed by atoms with E-state index >= 15 is 0 Å². The highest BCUT2D eigenvalue weighted by Crippen LogP contribution is 2.16. The fraction of sp³-hybridized carbons (Fsp3) is 0.364. The first kappa shape index (κ1) is 22.0. The molecule has 1 fully saturated rings. The number of nitrogens with zero attached hydrogens (tertiary/aromatic N) is 1. The predicted molar refractivity (Wildman–Crippen MR) is 116 cm³/mol. The molecule has 1 heterocycles. The van der Waals surface area contributed by atoms with E-state index in [2.05, 4.69) is 10.0 Å². The van der Waals surface area contributed by atoms with Crippen LogP contribution in [0.15, 0.2) is 53.4 Å². The number of amides is 2. The van der Waals surface area contributed by atoms with E-state index in [-0.39, 0.29) is 23.3 Å². The van der Waals surface area contributed by atoms with Gasteiger partial charge in [0.05, 0.1) is 4.90 Å². The van der Waals surface area contributed by atoms with Crippen LogP contribution in [-0.2, 0) is 21.4 Å². The van der Waals surface area contributed by atoms with Gasteiger partial charge in [-0.25, -0.2) is 13.1 Å². The molecule has 0 bridgehead atoms. The summed E-state index contributed by atoms with van der Waals surface area (Å²) in [6.45, 7) is 3.09. The zero-order valence-corrected chi connectivity index (χ0v) is 17.9. The van der Waals surface area contributed by atoms with E-state index in [0.717, 1.165) is 31.5 Å². The van der Waals surface area contributed by atoms with Crippen LogP contribution < -0.4 is 10.0 Å². The van der Waals surface area contributed by atoms with Crippen molar-refractivity contribution >= 4 is 27.5 Å². The quantitative estimate of drug-likeness (QED) is 0.737. The molecule has 0 spiro atoms. The van der Waals surface area contributed by atoms with Crippen molar-refractivity contribution in [2.24, 2.45) is 0 Å². The van der Waals surface area contributed by atoms with Gasteiger partial charge in [-0.1, -0.05) is 25.0 Å². The molecule has 0 unspecified atom stereocenters. The molecule has 1 saturated heterocycles. The molecule has 7 nitrogen and oxygen atoms in total. The lowest BCUT2D eigenvalue weighted by molar-refractivity contribution is -0.114. The molecule has 2 N–H and O–H groups in total. The van der Waals surface area contributed by atoms with Gasteiger partial charge in [-0.15, -0.1) is 0 Å². The van der Waals surface area contributed by atoms with Gasteiger partial charge in [0.1, 0.15) is 0 Å². The fourth-order valence-electron chi connectivity index (χ4n) is 3.40. The van der Waals surface area contributed by atoms with Gasteiger partial charge in [0.2, 0.25) is 15.9 Å². The number of rotatable bonds is 6. The molecule has 0 atom stereocenters. The lowest BCUT2D eigenvalue weighted by atomic mass is 10.1. The SMILES string of the molecule is CC(=O)Nc1ccc(S(=O)(=O)NCc2ccc(C(=O)N3CCCCCC3)cc2)cc1. The van der Waals surface area contributed by atoms with E-state index < -0.39 is 10.0 Å². The third-order valence-corrected chi connectivity index (χ3v) is 6.46. The molecular formula is C22H27N3O4S. The second-order valence-electron chi connectivity index (χ2n) is 7.43. The minimum atomic E-state index is -3.69. The highest BCUT2D eigenvalue weighted by atomic mass is 32.2. The molecule has 3 rings (SSSR count). The molecule has 0 aromatic heterocycles. The maximum absolute atomic E-state index is 12.6. The first-order valence-corrected chi connectivity index (χ1v) is 11.6. The number of nitrogens with one attached hydrogen (secondary N) is 2. The number of carbonyl (C=O) groups excluding carboxylic acids is 2.